The summed E-state index contributed by atoms with van der Waals surface area (Å²) in [5.41, 5.74) is 3.94. The minimum Gasteiger partial charge on any atom is -0.299 e. The summed E-state index contributed by atoms with van der Waals surface area (Å²) >= 11 is 0. The topological polar surface area (TPSA) is 49.4 Å². The van der Waals surface area contributed by atoms with Gasteiger partial charge in [-0.15, -0.1) is 0 Å². The van der Waals surface area contributed by atoms with Crippen molar-refractivity contribution in [1.29, 1.82) is 0 Å². The van der Waals surface area contributed by atoms with E-state index in [0.29, 0.717) is 0 Å². The number of piperidine rings is 1. The fraction of sp³-hybridized carbons (Fsp3) is 0.600. The molecule has 0 aromatic heterocycles. The smallest absolute Gasteiger partial charge is 0.208 e. The number of hydrogen-bond donors (Lipinski definition) is 1. The molecule has 4 nitrogen and oxygen atoms in total. The van der Waals surface area contributed by atoms with Crippen LogP contribution in [0.4, 0.5) is 0 Å². The van der Waals surface area contributed by atoms with Crippen LogP contribution in [0.5, 0.6) is 0 Å². The lowest BCUT2D eigenvalue weighted by Gasteiger charge is -2.32. The lowest BCUT2D eigenvalue weighted by atomic mass is 10.0. The molecule has 0 saturated carbocycles. The summed E-state index contributed by atoms with van der Waals surface area (Å²) in [5, 5.41) is 0. The highest BCUT2D eigenvalue weighted by molar-refractivity contribution is 7.88. The fourth-order valence-electron chi connectivity index (χ4n) is 2.93. The first kappa shape index (κ1) is 15.5. The zero-order chi connectivity index (χ0) is 14.8. The minimum atomic E-state index is -3.08. The van der Waals surface area contributed by atoms with Gasteiger partial charge in [0.05, 0.1) is 6.26 Å². The Morgan fingerprint density at radius 2 is 1.70 bits per heavy atom. The third-order valence-electron chi connectivity index (χ3n) is 3.66. The summed E-state index contributed by atoms with van der Waals surface area (Å²) in [7, 11) is -3.08. The Kier molecular flexibility index (Phi) is 4.83. The Morgan fingerprint density at radius 3 is 2.20 bits per heavy atom. The van der Waals surface area contributed by atoms with Crippen LogP contribution < -0.4 is 4.72 Å². The van der Waals surface area contributed by atoms with Gasteiger partial charge in [-0.05, 0) is 32.3 Å². The van der Waals surface area contributed by atoms with E-state index in [1.165, 1.54) is 22.9 Å². The first-order valence-electron chi connectivity index (χ1n) is 7.09. The summed E-state index contributed by atoms with van der Waals surface area (Å²) in [5.74, 6) is 0. The van der Waals surface area contributed by atoms with Gasteiger partial charge in [-0.2, -0.15) is 0 Å². The highest BCUT2D eigenvalue weighted by Gasteiger charge is 2.21. The normalized spacial score (nSPS) is 18.4. The van der Waals surface area contributed by atoms with E-state index in [1.807, 2.05) is 0 Å². The van der Waals surface area contributed by atoms with Crippen molar-refractivity contribution < 1.29 is 8.42 Å². The van der Waals surface area contributed by atoms with Crippen LogP contribution in [-0.4, -0.2) is 38.7 Å². The van der Waals surface area contributed by atoms with Crippen LogP contribution in [0.3, 0.4) is 0 Å². The molecule has 0 atom stereocenters. The molecule has 1 fully saturated rings. The van der Waals surface area contributed by atoms with E-state index in [0.717, 1.165) is 32.5 Å². The number of nitrogens with one attached hydrogen (secondary N) is 1. The SMILES string of the molecule is Cc1cc(C)cc(CN2CCC(NS(C)(=O)=O)CC2)c1. The van der Waals surface area contributed by atoms with E-state index in [9.17, 15) is 8.42 Å². The van der Waals surface area contributed by atoms with Crippen LogP contribution in [0.2, 0.25) is 0 Å². The minimum absolute atomic E-state index is 0.0977. The molecule has 112 valence electrons. The largest absolute Gasteiger partial charge is 0.299 e. The molecule has 1 aliphatic rings. The van der Waals surface area contributed by atoms with E-state index < -0.39 is 10.0 Å². The molecule has 1 saturated heterocycles. The number of hydrogen-bond acceptors (Lipinski definition) is 3. The van der Waals surface area contributed by atoms with Gasteiger partial charge < -0.3 is 0 Å². The second kappa shape index (κ2) is 6.24. The second-order valence-corrected chi connectivity index (χ2v) is 7.72. The molecule has 20 heavy (non-hydrogen) atoms. The third kappa shape index (κ3) is 4.89. The first-order valence-corrected chi connectivity index (χ1v) is 8.98. The summed E-state index contributed by atoms with van der Waals surface area (Å²) in [6.07, 6.45) is 3.00. The fourth-order valence-corrected chi connectivity index (χ4v) is 3.77. The second-order valence-electron chi connectivity index (χ2n) is 5.94. The predicted octanol–water partition coefficient (Wildman–Crippen LogP) is 1.82. The maximum Gasteiger partial charge on any atom is 0.208 e. The highest BCUT2D eigenvalue weighted by Crippen LogP contribution is 2.16. The lowest BCUT2D eigenvalue weighted by molar-refractivity contribution is 0.200. The molecular weight excluding hydrogens is 272 g/mol. The van der Waals surface area contributed by atoms with Gasteiger partial charge in [0.1, 0.15) is 0 Å². The maximum absolute atomic E-state index is 11.2. The zero-order valence-corrected chi connectivity index (χ0v) is 13.3. The summed E-state index contributed by atoms with van der Waals surface area (Å²) in [6, 6.07) is 6.74. The number of benzene rings is 1. The Bertz CT molecular complexity index is 541. The van der Waals surface area contributed by atoms with Gasteiger partial charge in [-0.25, -0.2) is 13.1 Å². The van der Waals surface area contributed by atoms with Gasteiger partial charge in [-0.1, -0.05) is 29.3 Å². The molecule has 1 N–H and O–H groups in total. The third-order valence-corrected chi connectivity index (χ3v) is 4.42. The molecule has 1 aromatic rings. The monoisotopic (exact) mass is 296 g/mol. The van der Waals surface area contributed by atoms with Crippen LogP contribution in [0.25, 0.3) is 0 Å². The number of rotatable bonds is 4. The average Bonchev–Trinajstić information content (AvgIpc) is 2.28. The van der Waals surface area contributed by atoms with Gasteiger partial charge in [0, 0.05) is 25.7 Å². The molecule has 0 aliphatic carbocycles. The van der Waals surface area contributed by atoms with E-state index in [4.69, 9.17) is 0 Å². The van der Waals surface area contributed by atoms with Crippen LogP contribution in [-0.2, 0) is 16.6 Å². The van der Waals surface area contributed by atoms with Crippen molar-refractivity contribution in [3.05, 3.63) is 34.9 Å². The van der Waals surface area contributed by atoms with Crippen molar-refractivity contribution in [3.8, 4) is 0 Å². The molecule has 1 aromatic carbocycles. The molecule has 0 spiro atoms. The molecule has 0 radical (unpaired) electrons. The van der Waals surface area contributed by atoms with E-state index in [-0.39, 0.29) is 6.04 Å². The van der Waals surface area contributed by atoms with Gasteiger partial charge in [0.15, 0.2) is 0 Å². The lowest BCUT2D eigenvalue weighted by Crippen LogP contribution is -2.43. The van der Waals surface area contributed by atoms with Crippen molar-refractivity contribution in [1.82, 2.24) is 9.62 Å². The highest BCUT2D eigenvalue weighted by atomic mass is 32.2. The Labute approximate surface area is 122 Å². The van der Waals surface area contributed by atoms with Gasteiger partial charge in [0.2, 0.25) is 10.0 Å². The predicted molar refractivity (Wildman–Crippen MR) is 82.2 cm³/mol. The zero-order valence-electron chi connectivity index (χ0n) is 12.5. The Balaban J connectivity index is 1.88. The van der Waals surface area contributed by atoms with Gasteiger partial charge in [0.25, 0.3) is 0 Å². The van der Waals surface area contributed by atoms with Crippen LogP contribution in [0.1, 0.15) is 29.5 Å². The Morgan fingerprint density at radius 1 is 1.15 bits per heavy atom. The van der Waals surface area contributed by atoms with E-state index in [1.54, 1.807) is 0 Å². The summed E-state index contributed by atoms with van der Waals surface area (Å²) in [6.45, 7) is 7.09. The number of sulfonamides is 1. The Hall–Kier alpha value is -0.910. The van der Waals surface area contributed by atoms with Gasteiger partial charge in [-0.3, -0.25) is 4.90 Å². The quantitative estimate of drug-likeness (QED) is 0.922. The number of aryl methyl sites for hydroxylation is 2. The van der Waals surface area contributed by atoms with Crippen molar-refractivity contribution in [2.75, 3.05) is 19.3 Å². The number of likely N-dealkylation sites (tertiary alicyclic amines) is 1. The van der Waals surface area contributed by atoms with E-state index in [2.05, 4.69) is 41.7 Å². The summed E-state index contributed by atoms with van der Waals surface area (Å²) in [4.78, 5) is 2.40. The van der Waals surface area contributed by atoms with Crippen LogP contribution in [0.15, 0.2) is 18.2 Å². The van der Waals surface area contributed by atoms with Crippen molar-refractivity contribution in [2.24, 2.45) is 0 Å². The van der Waals surface area contributed by atoms with Crippen molar-refractivity contribution >= 4 is 10.0 Å². The molecule has 0 bridgehead atoms. The molecule has 0 unspecified atom stereocenters. The molecule has 1 aliphatic heterocycles. The van der Waals surface area contributed by atoms with Crippen molar-refractivity contribution in [2.45, 2.75) is 39.3 Å². The summed E-state index contributed by atoms with van der Waals surface area (Å²) < 4.78 is 25.2. The molecular formula is C15H24N2O2S. The van der Waals surface area contributed by atoms with E-state index >= 15 is 0 Å². The molecule has 0 amide bonds. The first-order chi connectivity index (χ1) is 9.32. The number of nitrogens with zero attached hydrogens (tertiary/aromatic N) is 1. The van der Waals surface area contributed by atoms with Crippen LogP contribution in [0, 0.1) is 13.8 Å². The molecule has 2 rings (SSSR count). The molecule has 5 heteroatoms. The van der Waals surface area contributed by atoms with Crippen LogP contribution >= 0.6 is 0 Å². The standard InChI is InChI=1S/C15H24N2O2S/c1-12-8-13(2)10-14(9-12)11-17-6-4-15(5-7-17)16-20(3,18)19/h8-10,15-16H,4-7,11H2,1-3H3. The molecule has 1 heterocycles. The van der Waals surface area contributed by atoms with Gasteiger partial charge >= 0.3 is 0 Å². The average molecular weight is 296 g/mol. The van der Waals surface area contributed by atoms with Crippen molar-refractivity contribution in [3.63, 3.8) is 0 Å². The maximum atomic E-state index is 11.2.